The maximum absolute atomic E-state index is 5.89. The average molecular weight is 268 g/mol. The van der Waals surface area contributed by atoms with Gasteiger partial charge >= 0.3 is 0 Å². The molecule has 1 aromatic rings. The summed E-state index contributed by atoms with van der Waals surface area (Å²) in [6.07, 6.45) is 1.10. The van der Waals surface area contributed by atoms with E-state index in [-0.39, 0.29) is 0 Å². The molecule has 4 heteroatoms. The molecule has 0 aromatic heterocycles. The molecule has 0 fully saturated rings. The van der Waals surface area contributed by atoms with Crippen molar-refractivity contribution in [1.82, 2.24) is 0 Å². The fraction of sp³-hybridized carbons (Fsp3) is 0.571. The Morgan fingerprint density at radius 2 is 2.11 bits per heavy atom. The first kappa shape index (κ1) is 15.2. The number of benzene rings is 1. The van der Waals surface area contributed by atoms with Crippen molar-refractivity contribution in [1.29, 1.82) is 0 Å². The number of anilines is 1. The van der Waals surface area contributed by atoms with Gasteiger partial charge in [0, 0.05) is 19.6 Å². The predicted octanol–water partition coefficient (Wildman–Crippen LogP) is 2.60. The Balaban J connectivity index is 2.72. The lowest BCUT2D eigenvalue weighted by molar-refractivity contribution is 0.413. The Labute approximate surface area is 115 Å². The van der Waals surface area contributed by atoms with Gasteiger partial charge in [0.05, 0.1) is 12.8 Å². The number of likely N-dealkylation sites (N-methyl/N-ethyl adjacent to an activating group) is 1. The number of para-hydroxylation sites is 2. The zero-order valence-corrected chi connectivity index (χ0v) is 12.4. The number of nitrogens with two attached hydrogens (primary N) is 1. The van der Waals surface area contributed by atoms with E-state index in [9.17, 15) is 0 Å². The Bertz CT molecular complexity index is 346. The summed E-state index contributed by atoms with van der Waals surface area (Å²) in [5.74, 6) is 3.22. The van der Waals surface area contributed by atoms with Gasteiger partial charge in [-0.2, -0.15) is 11.8 Å². The van der Waals surface area contributed by atoms with Gasteiger partial charge in [-0.15, -0.1) is 0 Å². The van der Waals surface area contributed by atoms with Crippen LogP contribution in [0.5, 0.6) is 5.75 Å². The summed E-state index contributed by atoms with van der Waals surface area (Å²) < 4.78 is 5.40. The van der Waals surface area contributed by atoms with Gasteiger partial charge in [0.25, 0.3) is 0 Å². The molecule has 3 nitrogen and oxygen atoms in total. The molecule has 2 N–H and O–H groups in total. The number of ether oxygens (including phenoxy) is 1. The lowest BCUT2D eigenvalue weighted by Gasteiger charge is -2.30. The van der Waals surface area contributed by atoms with E-state index in [1.54, 1.807) is 7.11 Å². The normalized spacial score (nSPS) is 12.2. The van der Waals surface area contributed by atoms with E-state index in [1.165, 1.54) is 0 Å². The zero-order valence-electron chi connectivity index (χ0n) is 11.6. The van der Waals surface area contributed by atoms with Crippen molar-refractivity contribution < 1.29 is 4.74 Å². The molecule has 1 aromatic carbocycles. The third kappa shape index (κ3) is 4.10. The number of nitrogens with zero attached hydrogens (tertiary/aromatic N) is 1. The van der Waals surface area contributed by atoms with Crippen LogP contribution in [0.3, 0.4) is 0 Å². The summed E-state index contributed by atoms with van der Waals surface area (Å²) in [5.41, 5.74) is 7.00. The monoisotopic (exact) mass is 268 g/mol. The highest BCUT2D eigenvalue weighted by Gasteiger charge is 2.16. The highest BCUT2D eigenvalue weighted by atomic mass is 32.2. The van der Waals surface area contributed by atoms with Crippen LogP contribution in [-0.2, 0) is 0 Å². The highest BCUT2D eigenvalue weighted by Crippen LogP contribution is 2.28. The van der Waals surface area contributed by atoms with Crippen LogP contribution in [0.25, 0.3) is 0 Å². The first-order valence-electron chi connectivity index (χ1n) is 6.38. The van der Waals surface area contributed by atoms with E-state index in [0.29, 0.717) is 12.6 Å². The molecule has 0 aliphatic rings. The quantitative estimate of drug-likeness (QED) is 0.736. The zero-order chi connectivity index (χ0) is 13.4. The number of hydrogen-bond acceptors (Lipinski definition) is 4. The fourth-order valence-corrected chi connectivity index (χ4v) is 2.68. The van der Waals surface area contributed by atoms with Crippen LogP contribution in [0, 0.1) is 0 Å². The summed E-state index contributed by atoms with van der Waals surface area (Å²) in [6.45, 7) is 2.85. The number of hydrogen-bond donors (Lipinski definition) is 1. The smallest absolute Gasteiger partial charge is 0.142 e. The van der Waals surface area contributed by atoms with E-state index < -0.39 is 0 Å². The molecule has 0 heterocycles. The Morgan fingerprint density at radius 3 is 2.72 bits per heavy atom. The van der Waals surface area contributed by atoms with Crippen molar-refractivity contribution in [3.8, 4) is 5.75 Å². The lowest BCUT2D eigenvalue weighted by Crippen LogP contribution is -2.38. The van der Waals surface area contributed by atoms with Gasteiger partial charge in [-0.05, 0) is 30.1 Å². The van der Waals surface area contributed by atoms with E-state index in [0.717, 1.165) is 29.4 Å². The number of methoxy groups -OCH3 is 1. The van der Waals surface area contributed by atoms with Gasteiger partial charge in [-0.3, -0.25) is 0 Å². The summed E-state index contributed by atoms with van der Waals surface area (Å²) in [4.78, 5) is 2.23. The minimum absolute atomic E-state index is 0.361. The molecule has 0 saturated carbocycles. The first-order chi connectivity index (χ1) is 8.74. The van der Waals surface area contributed by atoms with Crippen molar-refractivity contribution in [3.05, 3.63) is 24.3 Å². The maximum Gasteiger partial charge on any atom is 0.142 e. The molecular formula is C14H24N2OS. The number of thioether (sulfide) groups is 1. The third-order valence-electron chi connectivity index (χ3n) is 3.08. The topological polar surface area (TPSA) is 38.5 Å². The SMILES string of the molecule is CCSCCC(CN)N(C)c1ccccc1OC. The molecular weight excluding hydrogens is 244 g/mol. The summed E-state index contributed by atoms with van der Waals surface area (Å²) >= 11 is 1.96. The van der Waals surface area contributed by atoms with Crippen LogP contribution >= 0.6 is 11.8 Å². The predicted molar refractivity (Wildman–Crippen MR) is 81.9 cm³/mol. The molecule has 1 atom stereocenters. The van der Waals surface area contributed by atoms with E-state index in [2.05, 4.69) is 24.9 Å². The largest absolute Gasteiger partial charge is 0.495 e. The van der Waals surface area contributed by atoms with Gasteiger partial charge in [0.15, 0.2) is 0 Å². The Hall–Kier alpha value is -0.870. The molecule has 0 aliphatic carbocycles. The van der Waals surface area contributed by atoms with Crippen LogP contribution in [0.15, 0.2) is 24.3 Å². The van der Waals surface area contributed by atoms with Gasteiger partial charge < -0.3 is 15.4 Å². The van der Waals surface area contributed by atoms with Crippen LogP contribution in [0.1, 0.15) is 13.3 Å². The first-order valence-corrected chi connectivity index (χ1v) is 7.53. The molecule has 0 aliphatic heterocycles. The Morgan fingerprint density at radius 1 is 1.39 bits per heavy atom. The molecule has 0 radical (unpaired) electrons. The average Bonchev–Trinajstić information content (AvgIpc) is 2.43. The summed E-state index contributed by atoms with van der Waals surface area (Å²) in [5, 5.41) is 0. The van der Waals surface area contributed by atoms with Crippen molar-refractivity contribution in [3.63, 3.8) is 0 Å². The van der Waals surface area contributed by atoms with Crippen LogP contribution in [-0.4, -0.2) is 38.2 Å². The van der Waals surface area contributed by atoms with Crippen LogP contribution in [0.4, 0.5) is 5.69 Å². The second kappa shape index (κ2) is 8.27. The molecule has 0 saturated heterocycles. The van der Waals surface area contributed by atoms with Gasteiger partial charge in [-0.1, -0.05) is 19.1 Å². The van der Waals surface area contributed by atoms with E-state index in [1.807, 2.05) is 30.0 Å². The second-order valence-corrected chi connectivity index (χ2v) is 5.55. The van der Waals surface area contributed by atoms with Gasteiger partial charge in [0.1, 0.15) is 5.75 Å². The second-order valence-electron chi connectivity index (χ2n) is 4.16. The lowest BCUT2D eigenvalue weighted by atomic mass is 10.1. The van der Waals surface area contributed by atoms with E-state index >= 15 is 0 Å². The third-order valence-corrected chi connectivity index (χ3v) is 4.02. The van der Waals surface area contributed by atoms with Crippen molar-refractivity contribution in [2.75, 3.05) is 37.1 Å². The van der Waals surface area contributed by atoms with Crippen molar-refractivity contribution >= 4 is 17.4 Å². The maximum atomic E-state index is 5.89. The molecule has 18 heavy (non-hydrogen) atoms. The fourth-order valence-electron chi connectivity index (χ4n) is 1.95. The number of rotatable bonds is 8. The molecule has 102 valence electrons. The van der Waals surface area contributed by atoms with Crippen molar-refractivity contribution in [2.24, 2.45) is 5.73 Å². The molecule has 0 bridgehead atoms. The standard InChI is InChI=1S/C14H24N2OS/c1-4-18-10-9-12(11-15)16(2)13-7-5-6-8-14(13)17-3/h5-8,12H,4,9-11,15H2,1-3H3. The Kier molecular flexibility index (Phi) is 6.98. The van der Waals surface area contributed by atoms with Gasteiger partial charge in [-0.25, -0.2) is 0 Å². The van der Waals surface area contributed by atoms with Gasteiger partial charge in [0.2, 0.25) is 0 Å². The van der Waals surface area contributed by atoms with Crippen LogP contribution < -0.4 is 15.4 Å². The molecule has 0 spiro atoms. The molecule has 1 rings (SSSR count). The van der Waals surface area contributed by atoms with Crippen molar-refractivity contribution in [2.45, 2.75) is 19.4 Å². The minimum Gasteiger partial charge on any atom is -0.495 e. The molecule has 0 amide bonds. The minimum atomic E-state index is 0.361. The summed E-state index contributed by atoms with van der Waals surface area (Å²) in [6, 6.07) is 8.44. The van der Waals surface area contributed by atoms with E-state index in [4.69, 9.17) is 10.5 Å². The highest BCUT2D eigenvalue weighted by molar-refractivity contribution is 7.99. The van der Waals surface area contributed by atoms with Crippen LogP contribution in [0.2, 0.25) is 0 Å². The molecule has 1 unspecified atom stereocenters. The summed E-state index contributed by atoms with van der Waals surface area (Å²) in [7, 11) is 3.79.